The van der Waals surface area contributed by atoms with Gasteiger partial charge in [0.1, 0.15) is 17.6 Å². The monoisotopic (exact) mass is 567 g/mol. The Kier molecular flexibility index (Phi) is 9.59. The van der Waals surface area contributed by atoms with Gasteiger partial charge in [-0.15, -0.1) is 13.2 Å². The van der Waals surface area contributed by atoms with Crippen LogP contribution in [-0.4, -0.2) is 84.4 Å². The SMILES string of the molecule is C=CCCOC(=O)[C@@H]1[C@H]2C(=O)N(CCCO)C(C(=O)N(CC=C)c3ccc(N(CC)CC)cc3)C23CC[C@@]1(CC)O3. The molecule has 4 rings (SSSR count). The minimum absolute atomic E-state index is 0.127. The van der Waals surface area contributed by atoms with Crippen LogP contribution in [0.5, 0.6) is 0 Å². The van der Waals surface area contributed by atoms with E-state index in [1.165, 1.54) is 0 Å². The quantitative estimate of drug-likeness (QED) is 0.196. The van der Waals surface area contributed by atoms with Gasteiger partial charge in [0.25, 0.3) is 5.91 Å². The Morgan fingerprint density at radius 3 is 2.39 bits per heavy atom. The summed E-state index contributed by atoms with van der Waals surface area (Å²) >= 11 is 0. The van der Waals surface area contributed by atoms with Gasteiger partial charge in [0.2, 0.25) is 5.91 Å². The molecule has 0 radical (unpaired) electrons. The highest BCUT2D eigenvalue weighted by Crippen LogP contribution is 2.64. The molecule has 41 heavy (non-hydrogen) atoms. The van der Waals surface area contributed by atoms with Crippen molar-refractivity contribution >= 4 is 29.2 Å². The summed E-state index contributed by atoms with van der Waals surface area (Å²) in [5, 5.41) is 9.63. The van der Waals surface area contributed by atoms with Crippen LogP contribution in [0.1, 0.15) is 52.9 Å². The molecule has 9 nitrogen and oxygen atoms in total. The molecular weight excluding hydrogens is 522 g/mol. The zero-order chi connectivity index (χ0) is 29.8. The van der Waals surface area contributed by atoms with Gasteiger partial charge in [0.05, 0.1) is 18.1 Å². The number of anilines is 2. The molecule has 9 heteroatoms. The molecule has 3 heterocycles. The zero-order valence-corrected chi connectivity index (χ0v) is 24.7. The maximum Gasteiger partial charge on any atom is 0.312 e. The number of hydrogen-bond donors (Lipinski definition) is 1. The third kappa shape index (κ3) is 5.18. The molecule has 3 aliphatic rings. The van der Waals surface area contributed by atoms with Crippen molar-refractivity contribution in [2.45, 2.75) is 70.1 Å². The summed E-state index contributed by atoms with van der Waals surface area (Å²) in [6, 6.07) is 6.89. The molecular formula is C32H45N3O6. The summed E-state index contributed by atoms with van der Waals surface area (Å²) in [4.78, 5) is 47.6. The normalized spacial score (nSPS) is 28.0. The second-order valence-corrected chi connectivity index (χ2v) is 11.1. The van der Waals surface area contributed by atoms with Gasteiger partial charge in [0, 0.05) is 44.2 Å². The van der Waals surface area contributed by atoms with E-state index in [2.05, 4.69) is 31.9 Å². The van der Waals surface area contributed by atoms with Crippen LogP contribution >= 0.6 is 0 Å². The second-order valence-electron chi connectivity index (χ2n) is 11.1. The number of amides is 2. The lowest BCUT2D eigenvalue weighted by Gasteiger charge is -2.37. The first kappa shape index (κ1) is 30.8. The van der Waals surface area contributed by atoms with Crippen molar-refractivity contribution in [1.82, 2.24) is 4.90 Å². The lowest BCUT2D eigenvalue weighted by Crippen LogP contribution is -2.56. The van der Waals surface area contributed by atoms with Crippen LogP contribution in [-0.2, 0) is 23.9 Å². The molecule has 1 aromatic carbocycles. The first-order valence-corrected chi connectivity index (χ1v) is 14.9. The number of carbonyl (C=O) groups excluding carboxylic acids is 3. The number of ether oxygens (including phenoxy) is 2. The third-order valence-electron chi connectivity index (χ3n) is 9.16. The van der Waals surface area contributed by atoms with Gasteiger partial charge in [-0.05, 0) is 70.2 Å². The number of hydrogen-bond acceptors (Lipinski definition) is 7. The summed E-state index contributed by atoms with van der Waals surface area (Å²) in [5.41, 5.74) is -0.257. The van der Waals surface area contributed by atoms with E-state index in [0.717, 1.165) is 18.8 Å². The Balaban J connectivity index is 1.74. The van der Waals surface area contributed by atoms with E-state index >= 15 is 0 Å². The minimum Gasteiger partial charge on any atom is -0.465 e. The number of benzene rings is 1. The first-order valence-electron chi connectivity index (χ1n) is 14.9. The summed E-state index contributed by atoms with van der Waals surface area (Å²) in [5.74, 6) is -2.64. The fraction of sp³-hybridized carbons (Fsp3) is 0.594. The van der Waals surface area contributed by atoms with Crippen molar-refractivity contribution in [3.8, 4) is 0 Å². The molecule has 0 aromatic heterocycles. The number of likely N-dealkylation sites (tertiary alicyclic amines) is 1. The zero-order valence-electron chi connectivity index (χ0n) is 24.7. The van der Waals surface area contributed by atoms with Crippen molar-refractivity contribution in [3.63, 3.8) is 0 Å². The highest BCUT2D eigenvalue weighted by atomic mass is 16.6. The lowest BCUT2D eigenvalue weighted by atomic mass is 9.65. The highest BCUT2D eigenvalue weighted by Gasteiger charge is 2.79. The number of fused-ring (bicyclic) bond motifs is 1. The molecule has 3 fully saturated rings. The Morgan fingerprint density at radius 1 is 1.12 bits per heavy atom. The Morgan fingerprint density at radius 2 is 1.80 bits per heavy atom. The van der Waals surface area contributed by atoms with Gasteiger partial charge < -0.3 is 29.3 Å². The Labute approximate surface area is 243 Å². The molecule has 3 aliphatic heterocycles. The predicted octanol–water partition coefficient (Wildman–Crippen LogP) is 3.71. The van der Waals surface area contributed by atoms with Crippen LogP contribution in [0.25, 0.3) is 0 Å². The number of esters is 1. The minimum atomic E-state index is -1.15. The van der Waals surface area contributed by atoms with Crippen molar-refractivity contribution in [1.29, 1.82) is 0 Å². The molecule has 0 aliphatic carbocycles. The van der Waals surface area contributed by atoms with E-state index < -0.39 is 35.0 Å². The van der Waals surface area contributed by atoms with E-state index in [1.54, 1.807) is 22.0 Å². The Hall–Kier alpha value is -3.17. The van der Waals surface area contributed by atoms with Crippen molar-refractivity contribution in [2.75, 3.05) is 49.2 Å². The highest BCUT2D eigenvalue weighted by molar-refractivity contribution is 6.05. The number of aliphatic hydroxyl groups is 1. The summed E-state index contributed by atoms with van der Waals surface area (Å²) in [6.07, 6.45) is 5.74. The largest absolute Gasteiger partial charge is 0.465 e. The topological polar surface area (TPSA) is 99.6 Å². The smallest absolute Gasteiger partial charge is 0.312 e. The number of carbonyl (C=O) groups is 3. The molecule has 0 saturated carbocycles. The van der Waals surface area contributed by atoms with Crippen molar-refractivity contribution < 1.29 is 29.0 Å². The average molecular weight is 568 g/mol. The van der Waals surface area contributed by atoms with Crippen molar-refractivity contribution in [2.24, 2.45) is 11.8 Å². The van der Waals surface area contributed by atoms with E-state index in [-0.39, 0.29) is 38.1 Å². The van der Waals surface area contributed by atoms with Crippen molar-refractivity contribution in [3.05, 3.63) is 49.6 Å². The summed E-state index contributed by atoms with van der Waals surface area (Å²) in [7, 11) is 0. The van der Waals surface area contributed by atoms with Crippen LogP contribution in [0.2, 0.25) is 0 Å². The van der Waals surface area contributed by atoms with E-state index in [9.17, 15) is 19.5 Å². The standard InChI is InChI=1S/C32H45N3O6/c1-6-11-22-40-30(39)26-25-28(37)35(20-12-21-36)27(32(25)18-17-31(26,8-3)41-32)29(38)34(19-7-2)24-15-13-23(14-16-24)33(9-4)10-5/h6-7,13-16,25-27,36H,1-2,8-12,17-22H2,3-5H3/t25-,26-,27?,31+,32?/m0/s1. The van der Waals surface area contributed by atoms with Crippen LogP contribution in [0.15, 0.2) is 49.6 Å². The van der Waals surface area contributed by atoms with Crippen LogP contribution in [0.4, 0.5) is 11.4 Å². The molecule has 2 bridgehead atoms. The molecule has 2 amide bonds. The molecule has 2 unspecified atom stereocenters. The van der Waals surface area contributed by atoms with Crippen LogP contribution < -0.4 is 9.80 Å². The third-order valence-corrected chi connectivity index (χ3v) is 9.16. The molecule has 1 N–H and O–H groups in total. The van der Waals surface area contributed by atoms with Gasteiger partial charge in [-0.2, -0.15) is 0 Å². The fourth-order valence-electron chi connectivity index (χ4n) is 7.20. The first-order chi connectivity index (χ1) is 19.8. The lowest BCUT2D eigenvalue weighted by molar-refractivity contribution is -0.160. The summed E-state index contributed by atoms with van der Waals surface area (Å²) < 4.78 is 12.4. The molecule has 1 spiro atoms. The van der Waals surface area contributed by atoms with Gasteiger partial charge in [-0.25, -0.2) is 0 Å². The van der Waals surface area contributed by atoms with Gasteiger partial charge >= 0.3 is 5.97 Å². The van der Waals surface area contributed by atoms with Gasteiger partial charge in [0.15, 0.2) is 0 Å². The second kappa shape index (κ2) is 12.8. The fourth-order valence-corrected chi connectivity index (χ4v) is 7.20. The predicted molar refractivity (Wildman–Crippen MR) is 159 cm³/mol. The number of rotatable bonds is 15. The molecule has 224 valence electrons. The van der Waals surface area contributed by atoms with Gasteiger partial charge in [-0.3, -0.25) is 14.4 Å². The number of nitrogens with zero attached hydrogens (tertiary/aromatic N) is 3. The molecule has 3 saturated heterocycles. The van der Waals surface area contributed by atoms with E-state index in [4.69, 9.17) is 9.47 Å². The van der Waals surface area contributed by atoms with Gasteiger partial charge in [-0.1, -0.05) is 19.1 Å². The maximum atomic E-state index is 14.6. The van der Waals surface area contributed by atoms with E-state index in [1.807, 2.05) is 31.2 Å². The number of aliphatic hydroxyl groups excluding tert-OH is 1. The van der Waals surface area contributed by atoms with E-state index in [0.29, 0.717) is 37.8 Å². The maximum absolute atomic E-state index is 14.6. The molecule has 1 aromatic rings. The molecule has 5 atom stereocenters. The van der Waals surface area contributed by atoms with Crippen LogP contribution in [0.3, 0.4) is 0 Å². The average Bonchev–Trinajstić information content (AvgIpc) is 3.59. The Bertz CT molecular complexity index is 1130. The summed E-state index contributed by atoms with van der Waals surface area (Å²) in [6.45, 7) is 15.9. The van der Waals surface area contributed by atoms with Crippen LogP contribution in [0, 0.1) is 11.8 Å².